The van der Waals surface area contributed by atoms with Crippen LogP contribution in [0.4, 0.5) is 0 Å². The van der Waals surface area contributed by atoms with Gasteiger partial charge in [0.2, 0.25) is 5.78 Å². The normalized spacial score (nSPS) is 44.3. The summed E-state index contributed by atoms with van der Waals surface area (Å²) in [4.78, 5) is 50.9. The summed E-state index contributed by atoms with van der Waals surface area (Å²) < 4.78 is 10.6. The molecule has 0 aromatic rings. The molecule has 0 aromatic carbocycles. The van der Waals surface area contributed by atoms with Crippen molar-refractivity contribution in [2.75, 3.05) is 6.61 Å². The molecule has 1 N–H and O–H groups in total. The molecule has 4 aliphatic rings. The molecule has 0 heterocycles. The molecule has 0 unspecified atom stereocenters. The fraction of sp³-hybridized carbons (Fsp3) is 0.724. The van der Waals surface area contributed by atoms with Gasteiger partial charge in [0, 0.05) is 29.6 Å². The highest BCUT2D eigenvalue weighted by atomic mass is 79.9. The number of ether oxygens (including phenoxy) is 2. The minimum absolute atomic E-state index is 0.0452. The van der Waals surface area contributed by atoms with E-state index in [9.17, 15) is 24.3 Å². The predicted molar refractivity (Wildman–Crippen MR) is 141 cm³/mol. The molecule has 0 radical (unpaired) electrons. The van der Waals surface area contributed by atoms with Gasteiger partial charge >= 0.3 is 11.9 Å². The van der Waals surface area contributed by atoms with Gasteiger partial charge in [-0.15, -0.1) is 0 Å². The number of hydrogen-bond donors (Lipinski definition) is 1. The average molecular weight is 580 g/mol. The number of esters is 2. The van der Waals surface area contributed by atoms with E-state index in [0.29, 0.717) is 12.8 Å². The Morgan fingerprint density at radius 3 is 2.35 bits per heavy atom. The van der Waals surface area contributed by atoms with Crippen molar-refractivity contribution in [3.8, 4) is 0 Å². The Hall–Kier alpha value is -1.80. The molecule has 3 saturated carbocycles. The Kier molecular flexibility index (Phi) is 7.20. The third kappa shape index (κ3) is 3.75. The van der Waals surface area contributed by atoms with Crippen LogP contribution < -0.4 is 0 Å². The van der Waals surface area contributed by atoms with E-state index in [1.165, 1.54) is 0 Å². The molecule has 0 spiro atoms. The van der Waals surface area contributed by atoms with Gasteiger partial charge in [-0.05, 0) is 49.2 Å². The highest BCUT2D eigenvalue weighted by molar-refractivity contribution is 9.10. The molecule has 0 saturated heterocycles. The smallest absolute Gasteiger partial charge is 0.306 e. The zero-order chi connectivity index (χ0) is 27.6. The molecule has 4 aliphatic carbocycles. The molecule has 0 amide bonds. The Bertz CT molecular complexity index is 1080. The van der Waals surface area contributed by atoms with E-state index in [-0.39, 0.29) is 48.7 Å². The van der Waals surface area contributed by atoms with Gasteiger partial charge in [0.25, 0.3) is 0 Å². The van der Waals surface area contributed by atoms with Crippen molar-refractivity contribution in [3.63, 3.8) is 0 Å². The molecule has 9 atom stereocenters. The van der Waals surface area contributed by atoms with Crippen LogP contribution in [0.25, 0.3) is 0 Å². The summed E-state index contributed by atoms with van der Waals surface area (Å²) in [5.74, 6) is -1.83. The van der Waals surface area contributed by atoms with Crippen LogP contribution in [0, 0.1) is 34.5 Å². The van der Waals surface area contributed by atoms with Crippen LogP contribution in [0.5, 0.6) is 0 Å². The lowest BCUT2D eigenvalue weighted by atomic mass is 9.44. The van der Waals surface area contributed by atoms with Crippen LogP contribution in [0.2, 0.25) is 0 Å². The maximum atomic E-state index is 13.9. The topological polar surface area (TPSA) is 107 Å². The SMILES string of the molecule is CCC(=O)OCC(=O)[C@@]1(OC(=O)CC)[C@@H](C)C[C@H]2[C@@H]3C[C@H](C)C4=CC(=O)C=C[C@]4(C)[C@@]3(Br)[C@@H](O)C[C@@]21C. The van der Waals surface area contributed by atoms with Gasteiger partial charge in [-0.2, -0.15) is 0 Å². The van der Waals surface area contributed by atoms with Crippen LogP contribution in [0.1, 0.15) is 73.6 Å². The third-order valence-electron chi connectivity index (χ3n) is 10.1. The number of carbonyl (C=O) groups excluding carboxylic acids is 4. The summed E-state index contributed by atoms with van der Waals surface area (Å²) in [6, 6.07) is 0. The van der Waals surface area contributed by atoms with Gasteiger partial charge < -0.3 is 14.6 Å². The fourth-order valence-corrected chi connectivity index (χ4v) is 9.42. The van der Waals surface area contributed by atoms with Crippen molar-refractivity contribution in [1.82, 2.24) is 0 Å². The number of carbonyl (C=O) groups is 4. The maximum absolute atomic E-state index is 13.9. The number of allylic oxidation sites excluding steroid dienone is 4. The van der Waals surface area contributed by atoms with E-state index in [4.69, 9.17) is 9.47 Å². The van der Waals surface area contributed by atoms with E-state index >= 15 is 0 Å². The summed E-state index contributed by atoms with van der Waals surface area (Å²) in [6.45, 7) is 10.9. The summed E-state index contributed by atoms with van der Waals surface area (Å²) in [5, 5.41) is 11.9. The Labute approximate surface area is 227 Å². The molecule has 0 bridgehead atoms. The minimum Gasteiger partial charge on any atom is -0.457 e. The summed E-state index contributed by atoms with van der Waals surface area (Å²) in [6.07, 6.45) is 6.12. The predicted octanol–water partition coefficient (Wildman–Crippen LogP) is 4.49. The van der Waals surface area contributed by atoms with Gasteiger partial charge in [0.05, 0.1) is 10.4 Å². The first-order chi connectivity index (χ1) is 17.2. The lowest BCUT2D eigenvalue weighted by molar-refractivity contribution is -0.203. The van der Waals surface area contributed by atoms with Crippen LogP contribution in [0.3, 0.4) is 0 Å². The molecular weight excluding hydrogens is 540 g/mol. The van der Waals surface area contributed by atoms with Gasteiger partial charge in [-0.25, -0.2) is 0 Å². The molecule has 3 fully saturated rings. The number of hydrogen-bond acceptors (Lipinski definition) is 7. The van der Waals surface area contributed by atoms with E-state index in [0.717, 1.165) is 5.57 Å². The first-order valence-corrected chi connectivity index (χ1v) is 14.2. The summed E-state index contributed by atoms with van der Waals surface area (Å²) in [5.41, 5.74) is -1.99. The third-order valence-corrected chi connectivity index (χ3v) is 12.1. The monoisotopic (exact) mass is 578 g/mol. The van der Waals surface area contributed by atoms with Gasteiger partial charge in [0.15, 0.2) is 18.0 Å². The van der Waals surface area contributed by atoms with Crippen LogP contribution in [-0.2, 0) is 28.7 Å². The number of halogens is 1. The average Bonchev–Trinajstić information content (AvgIpc) is 3.07. The number of aliphatic hydroxyl groups is 1. The number of alkyl halides is 1. The minimum atomic E-state index is -1.52. The summed E-state index contributed by atoms with van der Waals surface area (Å²) in [7, 11) is 0. The second kappa shape index (κ2) is 9.44. The first kappa shape index (κ1) is 28.2. The van der Waals surface area contributed by atoms with Crippen molar-refractivity contribution < 1.29 is 33.8 Å². The zero-order valence-corrected chi connectivity index (χ0v) is 24.2. The molecule has 8 heteroatoms. The second-order valence-electron chi connectivity index (χ2n) is 11.9. The van der Waals surface area contributed by atoms with Crippen LogP contribution >= 0.6 is 15.9 Å². The zero-order valence-electron chi connectivity index (χ0n) is 22.6. The molecule has 37 heavy (non-hydrogen) atoms. The van der Waals surface area contributed by atoms with E-state index in [1.54, 1.807) is 26.0 Å². The van der Waals surface area contributed by atoms with Crippen molar-refractivity contribution >= 4 is 39.4 Å². The Morgan fingerprint density at radius 2 is 1.73 bits per heavy atom. The molecule has 0 aromatic heterocycles. The number of aliphatic hydroxyl groups excluding tert-OH is 1. The van der Waals surface area contributed by atoms with E-state index in [1.807, 2.05) is 19.9 Å². The van der Waals surface area contributed by atoms with Crippen LogP contribution in [-0.4, -0.2) is 51.2 Å². The number of ketones is 2. The lowest BCUT2D eigenvalue weighted by Crippen LogP contribution is -2.70. The quantitative estimate of drug-likeness (QED) is 0.365. The maximum Gasteiger partial charge on any atom is 0.306 e. The first-order valence-electron chi connectivity index (χ1n) is 13.5. The molecule has 7 nitrogen and oxygen atoms in total. The number of rotatable bonds is 6. The van der Waals surface area contributed by atoms with E-state index in [2.05, 4.69) is 29.8 Å². The Balaban J connectivity index is 1.83. The molecule has 4 rings (SSSR count). The lowest BCUT2D eigenvalue weighted by Gasteiger charge is -2.65. The second-order valence-corrected chi connectivity index (χ2v) is 13.2. The molecule has 204 valence electrons. The molecular formula is C29H39BrO7. The van der Waals surface area contributed by atoms with Crippen molar-refractivity contribution in [2.45, 2.75) is 89.7 Å². The van der Waals surface area contributed by atoms with Gasteiger partial charge in [-0.3, -0.25) is 19.2 Å². The van der Waals surface area contributed by atoms with Crippen molar-refractivity contribution in [3.05, 3.63) is 23.8 Å². The van der Waals surface area contributed by atoms with Crippen molar-refractivity contribution in [1.29, 1.82) is 0 Å². The largest absolute Gasteiger partial charge is 0.457 e. The standard InChI is InChI=1S/C29H39BrO7/c1-7-24(34)36-15-23(33)29(37-25(35)8-2)17(4)12-20-21-11-16(3)19-13-18(31)9-10-26(19,5)28(21,30)22(32)14-27(20,29)6/h9-10,13,16-17,20-22,32H,7-8,11-12,14-15H2,1-6H3/t16-,17-,20-,21-,22-,26-,27-,28-,29-/m0/s1. The van der Waals surface area contributed by atoms with Crippen LogP contribution in [0.15, 0.2) is 23.8 Å². The highest BCUT2D eigenvalue weighted by Gasteiger charge is 2.76. The highest BCUT2D eigenvalue weighted by Crippen LogP contribution is 2.73. The van der Waals surface area contributed by atoms with E-state index < -0.39 is 51.2 Å². The molecule has 0 aliphatic heterocycles. The number of Topliss-reactive ketones (excluding diaryl/α,β-unsaturated/α-hetero) is 1. The fourth-order valence-electron chi connectivity index (χ4n) is 8.40. The Morgan fingerprint density at radius 1 is 1.08 bits per heavy atom. The summed E-state index contributed by atoms with van der Waals surface area (Å²) >= 11 is 4.05. The van der Waals surface area contributed by atoms with Gasteiger partial charge in [-0.1, -0.05) is 69.1 Å². The van der Waals surface area contributed by atoms with Gasteiger partial charge in [0.1, 0.15) is 0 Å². The van der Waals surface area contributed by atoms with Crippen molar-refractivity contribution in [2.24, 2.45) is 34.5 Å². The number of fused-ring (bicyclic) bond motifs is 5.